The van der Waals surface area contributed by atoms with Crippen LogP contribution in [-0.4, -0.2) is 14.8 Å². The third-order valence-corrected chi connectivity index (χ3v) is 6.42. The normalized spacial score (nSPS) is 29.9. The van der Waals surface area contributed by atoms with Crippen LogP contribution in [0, 0.1) is 22.5 Å². The molecule has 106 valence electrons. The molecule has 0 saturated heterocycles. The smallest absolute Gasteiger partial charge is 0.195 e. The van der Waals surface area contributed by atoms with E-state index in [0.717, 1.165) is 28.3 Å². The second-order valence-corrected chi connectivity index (χ2v) is 7.61. The van der Waals surface area contributed by atoms with Gasteiger partial charge in [0, 0.05) is 6.04 Å². The van der Waals surface area contributed by atoms with Gasteiger partial charge in [0.25, 0.3) is 0 Å². The number of nitrogens with zero attached hydrogens (tertiary/aromatic N) is 2. The van der Waals surface area contributed by atoms with E-state index in [0.29, 0.717) is 6.04 Å². The van der Waals surface area contributed by atoms with Crippen molar-refractivity contribution in [3.63, 3.8) is 0 Å². The quantitative estimate of drug-likeness (QED) is 0.836. The van der Waals surface area contributed by atoms with E-state index >= 15 is 0 Å². The first-order chi connectivity index (χ1) is 9.74. The fourth-order valence-electron chi connectivity index (χ4n) is 4.34. The van der Waals surface area contributed by atoms with Crippen molar-refractivity contribution < 1.29 is 0 Å². The number of hydrogen-bond donors (Lipinski definition) is 1. The molecule has 0 aliphatic heterocycles. The maximum Gasteiger partial charge on any atom is 0.195 e. The van der Waals surface area contributed by atoms with Crippen molar-refractivity contribution >= 4 is 23.6 Å². The highest BCUT2D eigenvalue weighted by Crippen LogP contribution is 2.52. The van der Waals surface area contributed by atoms with Crippen molar-refractivity contribution in [2.24, 2.45) is 17.8 Å². The van der Waals surface area contributed by atoms with Crippen LogP contribution in [0.1, 0.15) is 38.6 Å². The van der Waals surface area contributed by atoms with Crippen LogP contribution >= 0.6 is 23.6 Å². The lowest BCUT2D eigenvalue weighted by Gasteiger charge is -2.29. The second-order valence-electron chi connectivity index (χ2n) is 6.28. The Hall–Kier alpha value is -0.940. The van der Waals surface area contributed by atoms with Crippen LogP contribution in [0.15, 0.2) is 17.5 Å². The first kappa shape index (κ1) is 12.8. The van der Waals surface area contributed by atoms with Crippen LogP contribution in [-0.2, 0) is 0 Å². The third-order valence-electron chi connectivity index (χ3n) is 5.27. The Labute approximate surface area is 128 Å². The number of fused-ring (bicyclic) bond motifs is 2. The molecule has 0 radical (unpaired) electrons. The molecular formula is C15H19N3S2. The average molecular weight is 305 g/mol. The van der Waals surface area contributed by atoms with Gasteiger partial charge in [0.05, 0.1) is 4.88 Å². The van der Waals surface area contributed by atoms with Gasteiger partial charge in [0.2, 0.25) is 0 Å². The number of rotatable bonds is 3. The maximum absolute atomic E-state index is 5.49. The molecule has 2 bridgehead atoms. The summed E-state index contributed by atoms with van der Waals surface area (Å²) in [5.74, 6) is 3.67. The van der Waals surface area contributed by atoms with Crippen molar-refractivity contribution in [2.75, 3.05) is 0 Å². The predicted molar refractivity (Wildman–Crippen MR) is 84.4 cm³/mol. The molecule has 0 amide bonds. The van der Waals surface area contributed by atoms with Gasteiger partial charge in [-0.25, -0.2) is 0 Å². The summed E-state index contributed by atoms with van der Waals surface area (Å²) in [5, 5.41) is 9.56. The molecule has 2 aliphatic rings. The van der Waals surface area contributed by atoms with E-state index in [9.17, 15) is 0 Å². The fraction of sp³-hybridized carbons (Fsp3) is 0.600. The standard InChI is InChI=1S/C15H19N3S2/c1-9(12-8-10-4-5-11(12)7-10)18-14(16-17-15(18)19)13-3-2-6-20-13/h2-3,6,9-12H,4-5,7-8H2,1H3,(H,17,19)/t9-,10+,11+,12-/m0/s1. The molecule has 20 heavy (non-hydrogen) atoms. The van der Waals surface area contributed by atoms with E-state index in [4.69, 9.17) is 12.2 Å². The predicted octanol–water partition coefficient (Wildman–Crippen LogP) is 4.67. The summed E-state index contributed by atoms with van der Waals surface area (Å²) in [6.45, 7) is 2.33. The average Bonchev–Trinajstić information content (AvgIpc) is 3.21. The van der Waals surface area contributed by atoms with E-state index < -0.39 is 0 Å². The number of H-pyrrole nitrogens is 1. The summed E-state index contributed by atoms with van der Waals surface area (Å²) in [6.07, 6.45) is 5.68. The van der Waals surface area contributed by atoms with Crippen LogP contribution in [0.25, 0.3) is 10.7 Å². The monoisotopic (exact) mass is 305 g/mol. The Balaban J connectivity index is 1.71. The van der Waals surface area contributed by atoms with E-state index in [-0.39, 0.29) is 0 Å². The van der Waals surface area contributed by atoms with Gasteiger partial charge in [-0.1, -0.05) is 12.5 Å². The second kappa shape index (κ2) is 4.81. The largest absolute Gasteiger partial charge is 0.296 e. The summed E-state index contributed by atoms with van der Waals surface area (Å²) in [6, 6.07) is 4.65. The molecule has 4 rings (SSSR count). The summed E-state index contributed by atoms with van der Waals surface area (Å²) >= 11 is 7.22. The van der Waals surface area contributed by atoms with E-state index in [1.807, 2.05) is 0 Å². The Morgan fingerprint density at radius 3 is 3.00 bits per heavy atom. The molecule has 0 unspecified atom stereocenters. The van der Waals surface area contributed by atoms with Gasteiger partial charge in [-0.05, 0) is 67.6 Å². The minimum Gasteiger partial charge on any atom is -0.296 e. The first-order valence-electron chi connectivity index (χ1n) is 7.45. The minimum absolute atomic E-state index is 0.452. The fourth-order valence-corrected chi connectivity index (χ4v) is 5.35. The van der Waals surface area contributed by atoms with Gasteiger partial charge in [-0.3, -0.25) is 9.67 Å². The van der Waals surface area contributed by atoms with Gasteiger partial charge in [-0.2, -0.15) is 5.10 Å². The van der Waals surface area contributed by atoms with Gasteiger partial charge in [0.1, 0.15) is 0 Å². The molecule has 2 saturated carbocycles. The highest BCUT2D eigenvalue weighted by molar-refractivity contribution is 7.71. The Morgan fingerprint density at radius 2 is 2.35 bits per heavy atom. The lowest BCUT2D eigenvalue weighted by atomic mass is 9.84. The van der Waals surface area contributed by atoms with Crippen LogP contribution in [0.5, 0.6) is 0 Å². The summed E-state index contributed by atoms with van der Waals surface area (Å²) < 4.78 is 3.02. The van der Waals surface area contributed by atoms with Crippen LogP contribution in [0.3, 0.4) is 0 Å². The molecule has 5 heteroatoms. The van der Waals surface area contributed by atoms with Crippen molar-refractivity contribution in [1.29, 1.82) is 0 Å². The van der Waals surface area contributed by atoms with Crippen molar-refractivity contribution in [3.8, 4) is 10.7 Å². The number of aromatic nitrogens is 3. The lowest BCUT2D eigenvalue weighted by Crippen LogP contribution is -2.22. The molecule has 1 N–H and O–H groups in total. The molecule has 2 aromatic heterocycles. The Morgan fingerprint density at radius 1 is 1.45 bits per heavy atom. The minimum atomic E-state index is 0.452. The van der Waals surface area contributed by atoms with E-state index in [1.165, 1.54) is 30.6 Å². The molecular weight excluding hydrogens is 286 g/mol. The van der Waals surface area contributed by atoms with E-state index in [2.05, 4.69) is 39.2 Å². The molecule has 3 nitrogen and oxygen atoms in total. The lowest BCUT2D eigenvalue weighted by molar-refractivity contribution is 0.242. The molecule has 0 aromatic carbocycles. The highest BCUT2D eigenvalue weighted by Gasteiger charge is 2.42. The zero-order valence-corrected chi connectivity index (χ0v) is 13.2. The molecule has 0 spiro atoms. The zero-order chi connectivity index (χ0) is 13.7. The van der Waals surface area contributed by atoms with Gasteiger partial charge in [0.15, 0.2) is 10.6 Å². The zero-order valence-electron chi connectivity index (χ0n) is 11.6. The van der Waals surface area contributed by atoms with Gasteiger partial charge < -0.3 is 0 Å². The number of hydrogen-bond acceptors (Lipinski definition) is 3. The Kier molecular flexibility index (Phi) is 3.07. The van der Waals surface area contributed by atoms with Crippen molar-refractivity contribution in [3.05, 3.63) is 22.3 Å². The molecule has 2 heterocycles. The van der Waals surface area contributed by atoms with Crippen LogP contribution in [0.4, 0.5) is 0 Å². The molecule has 2 fully saturated rings. The van der Waals surface area contributed by atoms with Gasteiger partial charge >= 0.3 is 0 Å². The summed E-state index contributed by atoms with van der Waals surface area (Å²) in [7, 11) is 0. The number of aromatic amines is 1. The summed E-state index contributed by atoms with van der Waals surface area (Å²) in [5.41, 5.74) is 0. The third kappa shape index (κ3) is 1.91. The Bertz CT molecular complexity index is 655. The number of nitrogens with one attached hydrogen (secondary N) is 1. The molecule has 2 aromatic rings. The molecule has 4 atom stereocenters. The highest BCUT2D eigenvalue weighted by atomic mass is 32.1. The van der Waals surface area contributed by atoms with Gasteiger partial charge in [-0.15, -0.1) is 11.3 Å². The van der Waals surface area contributed by atoms with Crippen molar-refractivity contribution in [2.45, 2.75) is 38.6 Å². The topological polar surface area (TPSA) is 33.6 Å². The maximum atomic E-state index is 5.49. The van der Waals surface area contributed by atoms with Crippen molar-refractivity contribution in [1.82, 2.24) is 14.8 Å². The van der Waals surface area contributed by atoms with Crippen LogP contribution < -0.4 is 0 Å². The van der Waals surface area contributed by atoms with E-state index in [1.54, 1.807) is 11.3 Å². The molecule has 2 aliphatic carbocycles. The number of thiophene rings is 1. The SMILES string of the molecule is C[C@@H]([C@@H]1C[C@@H]2CC[C@@H]1C2)n1c(-c2cccs2)n[nH]c1=S. The first-order valence-corrected chi connectivity index (χ1v) is 8.73. The van der Waals surface area contributed by atoms with Crippen LogP contribution in [0.2, 0.25) is 0 Å². The summed E-state index contributed by atoms with van der Waals surface area (Å²) in [4.78, 5) is 1.20.